The number of hydrogen-bond acceptors (Lipinski definition) is 4. The van der Waals surface area contributed by atoms with Crippen LogP contribution in [0.15, 0.2) is 54.7 Å². The molecule has 1 aromatic heterocycles. The third kappa shape index (κ3) is 4.67. The van der Waals surface area contributed by atoms with Crippen molar-refractivity contribution in [3.8, 4) is 0 Å². The number of aliphatic hydroxyl groups is 1. The van der Waals surface area contributed by atoms with Gasteiger partial charge in [0.25, 0.3) is 5.91 Å². The fourth-order valence-corrected chi connectivity index (χ4v) is 3.11. The van der Waals surface area contributed by atoms with Crippen LogP contribution >= 0.6 is 0 Å². The van der Waals surface area contributed by atoms with E-state index in [0.717, 1.165) is 5.69 Å². The highest BCUT2D eigenvalue weighted by molar-refractivity contribution is 5.94. The number of carbonyl (C=O) groups excluding carboxylic acids is 2. The summed E-state index contributed by atoms with van der Waals surface area (Å²) in [7, 11) is 0. The van der Waals surface area contributed by atoms with Gasteiger partial charge in [0.1, 0.15) is 0 Å². The molecule has 2 amide bonds. The molecule has 0 aliphatic carbocycles. The molecule has 0 radical (unpaired) electrons. The van der Waals surface area contributed by atoms with Crippen LogP contribution in [0.1, 0.15) is 28.9 Å². The standard InChI is InChI=1S/C20H23N3O3/c24-18-14-23(20(26)15-6-2-1-3-7-15)13-11-17(18)22-19(25)10-9-16-8-4-5-12-21-16/h1-8,12,17-18,24H,9-11,13-14H2,(H,22,25)/t17-,18-/m1/s1. The lowest BCUT2D eigenvalue weighted by molar-refractivity contribution is -0.123. The van der Waals surface area contributed by atoms with E-state index in [-0.39, 0.29) is 24.4 Å². The second kappa shape index (κ2) is 8.58. The number of piperidine rings is 1. The number of benzene rings is 1. The Hall–Kier alpha value is -2.73. The number of hydrogen-bond donors (Lipinski definition) is 2. The predicted octanol–water partition coefficient (Wildman–Crippen LogP) is 1.41. The van der Waals surface area contributed by atoms with E-state index in [1.54, 1.807) is 23.2 Å². The van der Waals surface area contributed by atoms with Gasteiger partial charge in [-0.2, -0.15) is 0 Å². The van der Waals surface area contributed by atoms with Crippen molar-refractivity contribution < 1.29 is 14.7 Å². The molecule has 1 fully saturated rings. The van der Waals surface area contributed by atoms with Gasteiger partial charge in [0.15, 0.2) is 0 Å². The molecule has 0 saturated carbocycles. The second-order valence-electron chi connectivity index (χ2n) is 6.47. The number of nitrogens with zero attached hydrogens (tertiary/aromatic N) is 2. The van der Waals surface area contributed by atoms with Crippen LogP contribution in [0.5, 0.6) is 0 Å². The Morgan fingerprint density at radius 1 is 1.15 bits per heavy atom. The van der Waals surface area contributed by atoms with E-state index in [0.29, 0.717) is 31.4 Å². The van der Waals surface area contributed by atoms with E-state index in [1.807, 2.05) is 36.4 Å². The van der Waals surface area contributed by atoms with Crippen LogP contribution in [0.25, 0.3) is 0 Å². The Bertz CT molecular complexity index is 736. The number of amides is 2. The molecule has 2 atom stereocenters. The summed E-state index contributed by atoms with van der Waals surface area (Å²) in [5.41, 5.74) is 1.48. The molecule has 1 saturated heterocycles. The number of likely N-dealkylation sites (tertiary alicyclic amines) is 1. The summed E-state index contributed by atoms with van der Waals surface area (Å²) in [6.07, 6.45) is 2.36. The van der Waals surface area contributed by atoms with Gasteiger partial charge in [-0.05, 0) is 37.1 Å². The molecule has 6 nitrogen and oxygen atoms in total. The summed E-state index contributed by atoms with van der Waals surface area (Å²) in [5.74, 6) is -0.202. The zero-order chi connectivity index (χ0) is 18.4. The Morgan fingerprint density at radius 3 is 2.62 bits per heavy atom. The fourth-order valence-electron chi connectivity index (χ4n) is 3.11. The number of rotatable bonds is 5. The Kier molecular flexibility index (Phi) is 5.96. The van der Waals surface area contributed by atoms with E-state index in [4.69, 9.17) is 0 Å². The third-order valence-electron chi connectivity index (χ3n) is 4.57. The molecule has 136 valence electrons. The van der Waals surface area contributed by atoms with Crippen LogP contribution in [-0.4, -0.2) is 52.0 Å². The van der Waals surface area contributed by atoms with Crippen molar-refractivity contribution in [1.82, 2.24) is 15.2 Å². The van der Waals surface area contributed by atoms with Crippen LogP contribution in [0.2, 0.25) is 0 Å². The van der Waals surface area contributed by atoms with Crippen LogP contribution < -0.4 is 5.32 Å². The molecular weight excluding hydrogens is 330 g/mol. The van der Waals surface area contributed by atoms with E-state index < -0.39 is 6.10 Å². The summed E-state index contributed by atoms with van der Waals surface area (Å²) >= 11 is 0. The quantitative estimate of drug-likeness (QED) is 0.851. The molecule has 1 aliphatic rings. The number of aryl methyl sites for hydroxylation is 1. The summed E-state index contributed by atoms with van der Waals surface area (Å²) in [6, 6.07) is 14.3. The fraction of sp³-hybridized carbons (Fsp3) is 0.350. The first-order valence-corrected chi connectivity index (χ1v) is 8.85. The summed E-state index contributed by atoms with van der Waals surface area (Å²) < 4.78 is 0. The second-order valence-corrected chi connectivity index (χ2v) is 6.47. The minimum Gasteiger partial charge on any atom is -0.389 e. The van der Waals surface area contributed by atoms with Crippen molar-refractivity contribution in [2.75, 3.05) is 13.1 Å². The molecule has 1 aliphatic heterocycles. The topological polar surface area (TPSA) is 82.5 Å². The molecule has 2 aromatic rings. The van der Waals surface area contributed by atoms with Gasteiger partial charge in [0.2, 0.25) is 5.91 Å². The molecular formula is C20H23N3O3. The highest BCUT2D eigenvalue weighted by Crippen LogP contribution is 2.15. The van der Waals surface area contributed by atoms with Crippen LogP contribution in [-0.2, 0) is 11.2 Å². The monoisotopic (exact) mass is 353 g/mol. The Morgan fingerprint density at radius 2 is 1.92 bits per heavy atom. The first-order chi connectivity index (χ1) is 12.6. The minimum absolute atomic E-state index is 0.0930. The lowest BCUT2D eigenvalue weighted by Gasteiger charge is -2.36. The predicted molar refractivity (Wildman–Crippen MR) is 97.5 cm³/mol. The average Bonchev–Trinajstić information content (AvgIpc) is 2.69. The lowest BCUT2D eigenvalue weighted by Crippen LogP contribution is -2.55. The summed E-state index contributed by atoms with van der Waals surface area (Å²) in [4.78, 5) is 30.4. The molecule has 2 N–H and O–H groups in total. The van der Waals surface area contributed by atoms with Crippen LogP contribution in [0.3, 0.4) is 0 Å². The molecule has 2 heterocycles. The molecule has 0 spiro atoms. The van der Waals surface area contributed by atoms with Gasteiger partial charge in [-0.25, -0.2) is 0 Å². The summed E-state index contributed by atoms with van der Waals surface area (Å²) in [6.45, 7) is 0.731. The molecule has 0 bridgehead atoms. The first kappa shape index (κ1) is 18.1. The highest BCUT2D eigenvalue weighted by atomic mass is 16.3. The van der Waals surface area contributed by atoms with Crippen LogP contribution in [0, 0.1) is 0 Å². The molecule has 26 heavy (non-hydrogen) atoms. The number of aromatic nitrogens is 1. The van der Waals surface area contributed by atoms with Gasteiger partial charge in [-0.15, -0.1) is 0 Å². The average molecular weight is 353 g/mol. The molecule has 0 unspecified atom stereocenters. The molecule has 3 rings (SSSR count). The van der Waals surface area contributed by atoms with Crippen molar-refractivity contribution in [3.05, 3.63) is 66.0 Å². The molecule has 6 heteroatoms. The highest BCUT2D eigenvalue weighted by Gasteiger charge is 2.31. The summed E-state index contributed by atoms with van der Waals surface area (Å²) in [5, 5.41) is 13.2. The van der Waals surface area contributed by atoms with E-state index >= 15 is 0 Å². The number of β-amino-alcohol motifs (C(OH)–C–C–N with tert-alkyl or cyclic N) is 1. The van der Waals surface area contributed by atoms with Crippen molar-refractivity contribution in [2.45, 2.75) is 31.4 Å². The largest absolute Gasteiger partial charge is 0.389 e. The van der Waals surface area contributed by atoms with Gasteiger partial charge in [0.05, 0.1) is 12.1 Å². The number of pyridine rings is 1. The van der Waals surface area contributed by atoms with Gasteiger partial charge >= 0.3 is 0 Å². The Labute approximate surface area is 152 Å². The maximum Gasteiger partial charge on any atom is 0.253 e. The van der Waals surface area contributed by atoms with Crippen molar-refractivity contribution >= 4 is 11.8 Å². The Balaban J connectivity index is 1.48. The van der Waals surface area contributed by atoms with Crippen molar-refractivity contribution in [1.29, 1.82) is 0 Å². The number of carbonyl (C=O) groups is 2. The molecule has 1 aromatic carbocycles. The minimum atomic E-state index is -0.768. The van der Waals surface area contributed by atoms with Gasteiger partial charge in [-0.3, -0.25) is 14.6 Å². The zero-order valence-corrected chi connectivity index (χ0v) is 14.5. The van der Waals surface area contributed by atoms with E-state index in [1.165, 1.54) is 0 Å². The number of nitrogens with one attached hydrogen (secondary N) is 1. The van der Waals surface area contributed by atoms with Gasteiger partial charge in [0, 0.05) is 37.0 Å². The van der Waals surface area contributed by atoms with Crippen LogP contribution in [0.4, 0.5) is 0 Å². The van der Waals surface area contributed by atoms with Gasteiger partial charge in [-0.1, -0.05) is 24.3 Å². The SMILES string of the molecule is O=C(CCc1ccccn1)N[C@@H]1CCN(C(=O)c2ccccc2)C[C@H]1O. The smallest absolute Gasteiger partial charge is 0.253 e. The first-order valence-electron chi connectivity index (χ1n) is 8.85. The lowest BCUT2D eigenvalue weighted by atomic mass is 10.0. The van der Waals surface area contributed by atoms with Gasteiger partial charge < -0.3 is 15.3 Å². The van der Waals surface area contributed by atoms with E-state index in [9.17, 15) is 14.7 Å². The maximum atomic E-state index is 12.5. The number of aliphatic hydroxyl groups excluding tert-OH is 1. The van der Waals surface area contributed by atoms with E-state index in [2.05, 4.69) is 10.3 Å². The maximum absolute atomic E-state index is 12.5. The normalized spacial score (nSPS) is 19.8. The van der Waals surface area contributed by atoms with Crippen molar-refractivity contribution in [3.63, 3.8) is 0 Å². The van der Waals surface area contributed by atoms with Crippen molar-refractivity contribution in [2.24, 2.45) is 0 Å². The third-order valence-corrected chi connectivity index (χ3v) is 4.57. The zero-order valence-electron chi connectivity index (χ0n) is 14.5.